The number of aryl methyl sites for hydroxylation is 2. The van der Waals surface area contributed by atoms with E-state index in [9.17, 15) is 9.59 Å². The maximum Gasteiger partial charge on any atom is 0.242 e. The van der Waals surface area contributed by atoms with Gasteiger partial charge in [-0.05, 0) is 45.6 Å². The second kappa shape index (κ2) is 6.72. The van der Waals surface area contributed by atoms with Crippen LogP contribution in [0.15, 0.2) is 6.07 Å². The highest BCUT2D eigenvalue weighted by molar-refractivity contribution is 5.86. The summed E-state index contributed by atoms with van der Waals surface area (Å²) in [5.74, 6) is 0.205. The Balaban J connectivity index is 1.67. The number of rotatable bonds is 4. The Morgan fingerprint density at radius 1 is 1.26 bits per heavy atom. The number of hydrogen-bond donors (Lipinski definition) is 0. The summed E-state index contributed by atoms with van der Waals surface area (Å²) in [6.45, 7) is 6.56. The van der Waals surface area contributed by atoms with Crippen LogP contribution in [0.25, 0.3) is 0 Å². The molecule has 0 spiro atoms. The van der Waals surface area contributed by atoms with E-state index in [1.165, 1.54) is 0 Å². The van der Waals surface area contributed by atoms with Crippen LogP contribution in [-0.2, 0) is 16.1 Å². The minimum absolute atomic E-state index is 0.0893. The van der Waals surface area contributed by atoms with Crippen LogP contribution in [0.1, 0.15) is 43.5 Å². The molecule has 2 amide bonds. The lowest BCUT2D eigenvalue weighted by molar-refractivity contribution is -0.141. The molecule has 0 aliphatic carbocycles. The van der Waals surface area contributed by atoms with Crippen molar-refractivity contribution in [3.8, 4) is 0 Å². The Bertz CT molecular complexity index is 595. The van der Waals surface area contributed by atoms with Crippen molar-refractivity contribution in [2.24, 2.45) is 0 Å². The van der Waals surface area contributed by atoms with Crippen molar-refractivity contribution in [2.75, 3.05) is 19.6 Å². The molecule has 0 unspecified atom stereocenters. The molecule has 2 aliphatic rings. The Hall–Kier alpha value is -1.85. The van der Waals surface area contributed by atoms with Crippen LogP contribution < -0.4 is 0 Å². The summed E-state index contributed by atoms with van der Waals surface area (Å²) in [7, 11) is 0. The molecule has 1 aromatic rings. The van der Waals surface area contributed by atoms with E-state index in [0.29, 0.717) is 6.42 Å². The minimum atomic E-state index is 0.0893. The lowest BCUT2D eigenvalue weighted by atomic mass is 10.0. The molecular formula is C17H26N4O2. The highest BCUT2D eigenvalue weighted by atomic mass is 16.2. The Morgan fingerprint density at radius 3 is 2.74 bits per heavy atom. The van der Waals surface area contributed by atoms with Crippen LogP contribution in [0.4, 0.5) is 0 Å². The van der Waals surface area contributed by atoms with Crippen molar-refractivity contribution in [3.05, 3.63) is 17.5 Å². The molecule has 3 rings (SSSR count). The molecule has 0 bridgehead atoms. The van der Waals surface area contributed by atoms with Crippen molar-refractivity contribution >= 4 is 11.8 Å². The van der Waals surface area contributed by atoms with Crippen molar-refractivity contribution in [1.82, 2.24) is 19.6 Å². The second-order valence-electron chi connectivity index (χ2n) is 6.76. The summed E-state index contributed by atoms with van der Waals surface area (Å²) in [6, 6.07) is 2.25. The first-order valence-corrected chi connectivity index (χ1v) is 8.63. The predicted molar refractivity (Wildman–Crippen MR) is 86.9 cm³/mol. The number of likely N-dealkylation sites (tertiary alicyclic amines) is 2. The Kier molecular flexibility index (Phi) is 4.68. The summed E-state index contributed by atoms with van der Waals surface area (Å²) >= 11 is 0. The second-order valence-corrected chi connectivity index (χ2v) is 6.76. The normalized spacial score (nSPS) is 22.0. The zero-order chi connectivity index (χ0) is 16.4. The molecule has 126 valence electrons. The zero-order valence-corrected chi connectivity index (χ0v) is 14.1. The third-order valence-corrected chi connectivity index (χ3v) is 4.93. The molecular weight excluding hydrogens is 292 g/mol. The fourth-order valence-electron chi connectivity index (χ4n) is 3.70. The lowest BCUT2D eigenvalue weighted by Crippen LogP contribution is -2.49. The van der Waals surface area contributed by atoms with E-state index in [-0.39, 0.29) is 24.4 Å². The molecule has 0 saturated carbocycles. The van der Waals surface area contributed by atoms with Gasteiger partial charge in [0, 0.05) is 25.2 Å². The van der Waals surface area contributed by atoms with E-state index >= 15 is 0 Å². The van der Waals surface area contributed by atoms with Gasteiger partial charge < -0.3 is 9.80 Å². The predicted octanol–water partition coefficient (Wildman–Crippen LogP) is 1.50. The molecule has 2 aliphatic heterocycles. The SMILES string of the molecule is Cc1cc(C)n(C[C@@H]2CCCCN2C(=O)CN2CCCC2=O)n1. The fourth-order valence-corrected chi connectivity index (χ4v) is 3.70. The number of aromatic nitrogens is 2. The van der Waals surface area contributed by atoms with Crippen LogP contribution in [0.2, 0.25) is 0 Å². The molecule has 6 heteroatoms. The van der Waals surface area contributed by atoms with Gasteiger partial charge >= 0.3 is 0 Å². The van der Waals surface area contributed by atoms with E-state index in [4.69, 9.17) is 0 Å². The molecule has 2 saturated heterocycles. The van der Waals surface area contributed by atoms with Crippen LogP contribution >= 0.6 is 0 Å². The van der Waals surface area contributed by atoms with Gasteiger partial charge in [0.05, 0.1) is 24.8 Å². The summed E-state index contributed by atoms with van der Waals surface area (Å²) in [5, 5.41) is 4.53. The minimum Gasteiger partial charge on any atom is -0.336 e. The molecule has 3 heterocycles. The maximum absolute atomic E-state index is 12.7. The summed E-state index contributed by atoms with van der Waals surface area (Å²) in [4.78, 5) is 28.1. The Morgan fingerprint density at radius 2 is 2.09 bits per heavy atom. The lowest BCUT2D eigenvalue weighted by Gasteiger charge is -2.36. The third-order valence-electron chi connectivity index (χ3n) is 4.93. The number of carbonyl (C=O) groups excluding carboxylic acids is 2. The molecule has 1 atom stereocenters. The number of carbonyl (C=O) groups is 2. The number of nitrogens with zero attached hydrogens (tertiary/aromatic N) is 4. The highest BCUT2D eigenvalue weighted by Gasteiger charge is 2.30. The van der Waals surface area contributed by atoms with E-state index < -0.39 is 0 Å². The van der Waals surface area contributed by atoms with Gasteiger partial charge in [-0.25, -0.2) is 0 Å². The number of hydrogen-bond acceptors (Lipinski definition) is 3. The van der Waals surface area contributed by atoms with Crippen molar-refractivity contribution in [1.29, 1.82) is 0 Å². The molecule has 0 radical (unpaired) electrons. The Labute approximate surface area is 137 Å². The van der Waals surface area contributed by atoms with Gasteiger partial charge in [0.2, 0.25) is 11.8 Å². The van der Waals surface area contributed by atoms with Crippen LogP contribution in [0, 0.1) is 13.8 Å². The molecule has 1 aromatic heterocycles. The molecule has 6 nitrogen and oxygen atoms in total. The van der Waals surface area contributed by atoms with Crippen molar-refractivity contribution in [3.63, 3.8) is 0 Å². The first-order chi connectivity index (χ1) is 11.0. The summed E-state index contributed by atoms with van der Waals surface area (Å²) < 4.78 is 2.01. The molecule has 23 heavy (non-hydrogen) atoms. The first-order valence-electron chi connectivity index (χ1n) is 8.63. The maximum atomic E-state index is 12.7. The van der Waals surface area contributed by atoms with E-state index in [1.807, 2.05) is 16.5 Å². The summed E-state index contributed by atoms with van der Waals surface area (Å²) in [5.41, 5.74) is 2.15. The average molecular weight is 318 g/mol. The number of piperidine rings is 1. The largest absolute Gasteiger partial charge is 0.336 e. The van der Waals surface area contributed by atoms with E-state index in [1.54, 1.807) is 4.90 Å². The summed E-state index contributed by atoms with van der Waals surface area (Å²) in [6.07, 6.45) is 4.67. The van der Waals surface area contributed by atoms with Gasteiger partial charge in [-0.1, -0.05) is 0 Å². The quantitative estimate of drug-likeness (QED) is 0.845. The van der Waals surface area contributed by atoms with Gasteiger partial charge in [0.1, 0.15) is 0 Å². The smallest absolute Gasteiger partial charge is 0.242 e. The monoisotopic (exact) mass is 318 g/mol. The van der Waals surface area contributed by atoms with Crippen LogP contribution in [0.5, 0.6) is 0 Å². The fraction of sp³-hybridized carbons (Fsp3) is 0.706. The third kappa shape index (κ3) is 3.57. The van der Waals surface area contributed by atoms with Gasteiger partial charge in [-0.3, -0.25) is 14.3 Å². The molecule has 0 N–H and O–H groups in total. The van der Waals surface area contributed by atoms with E-state index in [2.05, 4.69) is 18.1 Å². The molecule has 2 fully saturated rings. The van der Waals surface area contributed by atoms with Gasteiger partial charge in [0.15, 0.2) is 0 Å². The standard InChI is InChI=1S/C17H26N4O2/c1-13-10-14(2)21(18-13)11-15-6-3-4-9-20(15)17(23)12-19-8-5-7-16(19)22/h10,15H,3-9,11-12H2,1-2H3/t15-/m0/s1. The highest BCUT2D eigenvalue weighted by Crippen LogP contribution is 2.20. The van der Waals surface area contributed by atoms with Crippen LogP contribution in [0.3, 0.4) is 0 Å². The van der Waals surface area contributed by atoms with Crippen molar-refractivity contribution < 1.29 is 9.59 Å². The van der Waals surface area contributed by atoms with E-state index in [0.717, 1.165) is 56.7 Å². The van der Waals surface area contributed by atoms with Crippen LogP contribution in [-0.4, -0.2) is 57.1 Å². The topological polar surface area (TPSA) is 58.4 Å². The first kappa shape index (κ1) is 16.0. The number of amides is 2. The average Bonchev–Trinajstić information content (AvgIpc) is 3.05. The van der Waals surface area contributed by atoms with Gasteiger partial charge in [-0.2, -0.15) is 5.10 Å². The molecule has 0 aromatic carbocycles. The zero-order valence-electron chi connectivity index (χ0n) is 14.1. The van der Waals surface area contributed by atoms with Crippen molar-refractivity contribution in [2.45, 2.75) is 58.5 Å². The van der Waals surface area contributed by atoms with Gasteiger partial charge in [-0.15, -0.1) is 0 Å². The van der Waals surface area contributed by atoms with Gasteiger partial charge in [0.25, 0.3) is 0 Å².